The Morgan fingerprint density at radius 2 is 2.23 bits per heavy atom. The van der Waals surface area contributed by atoms with Crippen LogP contribution in [0.1, 0.15) is 43.0 Å². The Balaban J connectivity index is 2.00. The first-order chi connectivity index (χ1) is 10.6. The number of benzene rings is 1. The van der Waals surface area contributed by atoms with Crippen LogP contribution in [-0.4, -0.2) is 41.5 Å². The number of amides is 1. The Morgan fingerprint density at radius 3 is 2.95 bits per heavy atom. The molecule has 1 heterocycles. The summed E-state index contributed by atoms with van der Waals surface area (Å²) in [5.74, 6) is -0.139. The molecule has 0 bridgehead atoms. The van der Waals surface area contributed by atoms with E-state index in [1.54, 1.807) is 17.0 Å². The normalized spacial score (nSPS) is 18.8. The van der Waals surface area contributed by atoms with E-state index in [-0.39, 0.29) is 17.7 Å². The summed E-state index contributed by atoms with van der Waals surface area (Å²) >= 11 is 0. The third-order valence-corrected chi connectivity index (χ3v) is 3.82. The number of nitro groups is 1. The lowest BCUT2D eigenvalue weighted by atomic mass is 10.1. The molecule has 22 heavy (non-hydrogen) atoms. The number of hydrogen-bond acceptors (Lipinski definition) is 4. The maximum Gasteiger partial charge on any atom is 0.270 e. The van der Waals surface area contributed by atoms with Crippen molar-refractivity contribution < 1.29 is 14.5 Å². The van der Waals surface area contributed by atoms with Gasteiger partial charge in [0.1, 0.15) is 0 Å². The molecule has 6 heteroatoms. The van der Waals surface area contributed by atoms with Crippen LogP contribution in [0.5, 0.6) is 0 Å². The number of hydrogen-bond donors (Lipinski definition) is 0. The van der Waals surface area contributed by atoms with E-state index in [0.717, 1.165) is 32.3 Å². The smallest absolute Gasteiger partial charge is 0.270 e. The standard InChI is InChI=1S/C16H22N2O4/c1-2-11-22-15-7-4-9-17(10-8-15)16(19)13-5-3-6-14(12-13)18(20)21/h3,5-6,12,15H,2,4,7-11H2,1H3. The van der Waals surface area contributed by atoms with Crippen LogP contribution in [0.3, 0.4) is 0 Å². The van der Waals surface area contributed by atoms with Crippen molar-refractivity contribution in [2.75, 3.05) is 19.7 Å². The Hall–Kier alpha value is -1.95. The van der Waals surface area contributed by atoms with Gasteiger partial charge in [-0.1, -0.05) is 13.0 Å². The van der Waals surface area contributed by atoms with Gasteiger partial charge < -0.3 is 9.64 Å². The lowest BCUT2D eigenvalue weighted by Crippen LogP contribution is -2.32. The third-order valence-electron chi connectivity index (χ3n) is 3.82. The number of ether oxygens (including phenoxy) is 1. The van der Waals surface area contributed by atoms with Crippen molar-refractivity contribution in [3.05, 3.63) is 39.9 Å². The second-order valence-electron chi connectivity index (χ2n) is 5.52. The third kappa shape index (κ3) is 4.27. The summed E-state index contributed by atoms with van der Waals surface area (Å²) in [5.41, 5.74) is 0.326. The van der Waals surface area contributed by atoms with E-state index < -0.39 is 4.92 Å². The summed E-state index contributed by atoms with van der Waals surface area (Å²) in [6, 6.07) is 5.92. The minimum Gasteiger partial charge on any atom is -0.378 e. The molecular formula is C16H22N2O4. The molecule has 0 spiro atoms. The van der Waals surface area contributed by atoms with Gasteiger partial charge in [0.25, 0.3) is 11.6 Å². The summed E-state index contributed by atoms with van der Waals surface area (Å²) in [7, 11) is 0. The highest BCUT2D eigenvalue weighted by atomic mass is 16.6. The molecule has 6 nitrogen and oxygen atoms in total. The number of nitro benzene ring substituents is 1. The van der Waals surface area contributed by atoms with Crippen molar-refractivity contribution in [2.45, 2.75) is 38.7 Å². The minimum atomic E-state index is -0.478. The van der Waals surface area contributed by atoms with Crippen molar-refractivity contribution in [3.8, 4) is 0 Å². The highest BCUT2D eigenvalue weighted by Crippen LogP contribution is 2.19. The van der Waals surface area contributed by atoms with Crippen molar-refractivity contribution in [2.24, 2.45) is 0 Å². The zero-order valence-electron chi connectivity index (χ0n) is 12.9. The molecule has 1 aliphatic heterocycles. The van der Waals surface area contributed by atoms with Crippen molar-refractivity contribution in [3.63, 3.8) is 0 Å². The molecule has 1 aromatic rings. The largest absolute Gasteiger partial charge is 0.378 e. The van der Waals surface area contributed by atoms with Gasteiger partial charge in [-0.05, 0) is 31.7 Å². The molecule has 1 saturated heterocycles. The molecular weight excluding hydrogens is 284 g/mol. The molecule has 0 radical (unpaired) electrons. The fourth-order valence-corrected chi connectivity index (χ4v) is 2.66. The number of non-ortho nitro benzene ring substituents is 1. The fraction of sp³-hybridized carbons (Fsp3) is 0.562. The number of likely N-dealkylation sites (tertiary alicyclic amines) is 1. The molecule has 1 fully saturated rings. The van der Waals surface area contributed by atoms with Crippen LogP contribution in [0, 0.1) is 10.1 Å². The monoisotopic (exact) mass is 306 g/mol. The summed E-state index contributed by atoms with van der Waals surface area (Å²) in [6.07, 6.45) is 3.88. The quantitative estimate of drug-likeness (QED) is 0.619. The van der Waals surface area contributed by atoms with Crippen molar-refractivity contribution >= 4 is 11.6 Å². The summed E-state index contributed by atoms with van der Waals surface area (Å²) in [6.45, 7) is 4.14. The molecule has 2 rings (SSSR count). The zero-order chi connectivity index (χ0) is 15.9. The first-order valence-electron chi connectivity index (χ1n) is 7.77. The Kier molecular flexibility index (Phi) is 5.89. The van der Waals surface area contributed by atoms with Crippen LogP contribution in [0.2, 0.25) is 0 Å². The van der Waals surface area contributed by atoms with Crippen LogP contribution in [0.4, 0.5) is 5.69 Å². The van der Waals surface area contributed by atoms with Gasteiger partial charge >= 0.3 is 0 Å². The van der Waals surface area contributed by atoms with E-state index >= 15 is 0 Å². The predicted molar refractivity (Wildman–Crippen MR) is 82.9 cm³/mol. The van der Waals surface area contributed by atoms with Crippen molar-refractivity contribution in [1.82, 2.24) is 4.90 Å². The first kappa shape index (κ1) is 16.4. The minimum absolute atomic E-state index is 0.0511. The van der Waals surface area contributed by atoms with Crippen LogP contribution < -0.4 is 0 Å². The second-order valence-corrected chi connectivity index (χ2v) is 5.52. The number of carbonyl (C=O) groups excluding carboxylic acids is 1. The van der Waals surface area contributed by atoms with Crippen molar-refractivity contribution in [1.29, 1.82) is 0 Å². The van der Waals surface area contributed by atoms with Gasteiger partial charge in [-0.25, -0.2) is 0 Å². The van der Waals surface area contributed by atoms with Crippen LogP contribution in [-0.2, 0) is 4.74 Å². The maximum atomic E-state index is 12.5. The molecule has 1 aromatic carbocycles. The Morgan fingerprint density at radius 1 is 1.41 bits per heavy atom. The molecule has 1 aliphatic rings. The number of nitrogens with zero attached hydrogens (tertiary/aromatic N) is 2. The van der Waals surface area contributed by atoms with E-state index in [1.165, 1.54) is 12.1 Å². The fourth-order valence-electron chi connectivity index (χ4n) is 2.66. The lowest BCUT2D eigenvalue weighted by Gasteiger charge is -2.20. The maximum absolute atomic E-state index is 12.5. The van der Waals surface area contributed by atoms with Gasteiger partial charge in [0.05, 0.1) is 11.0 Å². The number of carbonyl (C=O) groups is 1. The first-order valence-corrected chi connectivity index (χ1v) is 7.77. The van der Waals surface area contributed by atoms with Gasteiger partial charge in [-0.15, -0.1) is 0 Å². The molecule has 0 N–H and O–H groups in total. The summed E-state index contributed by atoms with van der Waals surface area (Å²) in [4.78, 5) is 24.6. The molecule has 0 saturated carbocycles. The van der Waals surface area contributed by atoms with E-state index in [1.807, 2.05) is 0 Å². The van der Waals surface area contributed by atoms with Crippen LogP contribution in [0.15, 0.2) is 24.3 Å². The van der Waals surface area contributed by atoms with Gasteiger partial charge in [-0.2, -0.15) is 0 Å². The van der Waals surface area contributed by atoms with Gasteiger partial charge in [-0.3, -0.25) is 14.9 Å². The zero-order valence-corrected chi connectivity index (χ0v) is 12.9. The molecule has 120 valence electrons. The molecule has 1 amide bonds. The Labute approximate surface area is 130 Å². The van der Waals surface area contributed by atoms with E-state index in [0.29, 0.717) is 18.7 Å². The van der Waals surface area contributed by atoms with E-state index in [2.05, 4.69) is 6.92 Å². The average molecular weight is 306 g/mol. The molecule has 1 unspecified atom stereocenters. The molecule has 0 aliphatic carbocycles. The van der Waals surface area contributed by atoms with E-state index in [9.17, 15) is 14.9 Å². The molecule has 1 atom stereocenters. The summed E-state index contributed by atoms with van der Waals surface area (Å²) < 4.78 is 5.77. The topological polar surface area (TPSA) is 72.7 Å². The SMILES string of the molecule is CCCOC1CCCN(C(=O)c2cccc([N+](=O)[O-])c2)CC1. The predicted octanol–water partition coefficient (Wildman–Crippen LogP) is 3.02. The van der Waals surface area contributed by atoms with Gasteiger partial charge in [0.2, 0.25) is 0 Å². The van der Waals surface area contributed by atoms with E-state index in [4.69, 9.17) is 4.74 Å². The second kappa shape index (κ2) is 7.89. The summed E-state index contributed by atoms with van der Waals surface area (Å²) in [5, 5.41) is 10.8. The average Bonchev–Trinajstić information content (AvgIpc) is 2.78. The molecule has 0 aromatic heterocycles. The Bertz CT molecular complexity index is 533. The van der Waals surface area contributed by atoms with Gasteiger partial charge in [0, 0.05) is 37.4 Å². The lowest BCUT2D eigenvalue weighted by molar-refractivity contribution is -0.384. The van der Waals surface area contributed by atoms with Gasteiger partial charge in [0.15, 0.2) is 0 Å². The van der Waals surface area contributed by atoms with Crippen LogP contribution >= 0.6 is 0 Å². The van der Waals surface area contributed by atoms with Crippen LogP contribution in [0.25, 0.3) is 0 Å². The highest BCUT2D eigenvalue weighted by molar-refractivity contribution is 5.94. The number of rotatable bonds is 5. The highest BCUT2D eigenvalue weighted by Gasteiger charge is 2.22.